The summed E-state index contributed by atoms with van der Waals surface area (Å²) in [6.45, 7) is -0.212. The first-order valence-corrected chi connectivity index (χ1v) is 4.37. The zero-order valence-electron chi connectivity index (χ0n) is 6.99. The molecule has 0 unspecified atom stereocenters. The normalized spacial score (nSPS) is 9.69. The van der Waals surface area contributed by atoms with E-state index in [2.05, 4.69) is 15.9 Å². The predicted molar refractivity (Wildman–Crippen MR) is 51.4 cm³/mol. The number of rotatable bonds is 3. The molecule has 0 amide bonds. The van der Waals surface area contributed by atoms with Gasteiger partial charge >= 0.3 is 0 Å². The van der Waals surface area contributed by atoms with E-state index in [1.807, 2.05) is 0 Å². The standard InChI is InChI=1S/C8H8BrNO3/c1-13-8-4-7(9)3-2-6(8)5-10(11)12/h2-4H,5H2,1H3. The van der Waals surface area contributed by atoms with Crippen LogP contribution in [0.15, 0.2) is 22.7 Å². The van der Waals surface area contributed by atoms with Gasteiger partial charge in [0.05, 0.1) is 12.7 Å². The Morgan fingerprint density at radius 3 is 2.85 bits per heavy atom. The first-order valence-electron chi connectivity index (χ1n) is 3.57. The third-order valence-electron chi connectivity index (χ3n) is 1.55. The van der Waals surface area contributed by atoms with Crippen LogP contribution in [0, 0.1) is 10.1 Å². The third kappa shape index (κ3) is 2.69. The molecule has 5 heteroatoms. The van der Waals surface area contributed by atoms with Gasteiger partial charge in [-0.15, -0.1) is 0 Å². The van der Waals surface area contributed by atoms with E-state index in [4.69, 9.17) is 4.74 Å². The largest absolute Gasteiger partial charge is 0.496 e. The van der Waals surface area contributed by atoms with Crippen molar-refractivity contribution >= 4 is 15.9 Å². The second-order valence-corrected chi connectivity index (χ2v) is 3.36. The SMILES string of the molecule is COc1cc(Br)ccc1C[N+](=O)[O-]. The smallest absolute Gasteiger partial charge is 0.232 e. The summed E-state index contributed by atoms with van der Waals surface area (Å²) in [6.07, 6.45) is 0. The molecule has 1 aromatic carbocycles. The molecule has 0 radical (unpaired) electrons. The Hall–Kier alpha value is -1.10. The highest BCUT2D eigenvalue weighted by atomic mass is 79.9. The number of nitrogens with zero attached hydrogens (tertiary/aromatic N) is 1. The molecule has 0 fully saturated rings. The summed E-state index contributed by atoms with van der Waals surface area (Å²) < 4.78 is 5.84. The van der Waals surface area contributed by atoms with Gasteiger partial charge in [0.2, 0.25) is 6.54 Å². The average Bonchev–Trinajstić information content (AvgIpc) is 2.07. The molecule has 1 rings (SSSR count). The molecule has 0 atom stereocenters. The Labute approximate surface area is 83.8 Å². The fourth-order valence-corrected chi connectivity index (χ4v) is 1.33. The zero-order chi connectivity index (χ0) is 9.84. The average molecular weight is 246 g/mol. The van der Waals surface area contributed by atoms with Crippen molar-refractivity contribution in [2.45, 2.75) is 6.54 Å². The van der Waals surface area contributed by atoms with Gasteiger partial charge in [-0.2, -0.15) is 0 Å². The molecule has 0 aliphatic rings. The van der Waals surface area contributed by atoms with Gasteiger partial charge in [-0.05, 0) is 18.2 Å². The lowest BCUT2D eigenvalue weighted by Crippen LogP contribution is -2.00. The molecular weight excluding hydrogens is 238 g/mol. The van der Waals surface area contributed by atoms with Crippen molar-refractivity contribution < 1.29 is 9.66 Å². The van der Waals surface area contributed by atoms with E-state index in [1.54, 1.807) is 18.2 Å². The van der Waals surface area contributed by atoms with Crippen molar-refractivity contribution in [2.24, 2.45) is 0 Å². The summed E-state index contributed by atoms with van der Waals surface area (Å²) in [5, 5.41) is 10.3. The Balaban J connectivity index is 2.99. The molecule has 0 aliphatic carbocycles. The Kier molecular flexibility index (Phi) is 3.25. The minimum absolute atomic E-state index is 0.212. The summed E-state index contributed by atoms with van der Waals surface area (Å²) in [5.41, 5.74) is 0.579. The molecule has 0 aromatic heterocycles. The minimum atomic E-state index is -0.383. The van der Waals surface area contributed by atoms with Crippen LogP contribution in [0.4, 0.5) is 0 Å². The van der Waals surface area contributed by atoms with Gasteiger partial charge in [0, 0.05) is 9.40 Å². The molecular formula is C8H8BrNO3. The number of nitro groups is 1. The fraction of sp³-hybridized carbons (Fsp3) is 0.250. The first-order chi connectivity index (χ1) is 6.13. The van der Waals surface area contributed by atoms with E-state index >= 15 is 0 Å². The molecule has 1 aromatic rings. The quantitative estimate of drug-likeness (QED) is 0.607. The fourth-order valence-electron chi connectivity index (χ4n) is 0.988. The molecule has 0 spiro atoms. The summed E-state index contributed by atoms with van der Waals surface area (Å²) in [7, 11) is 1.49. The molecule has 0 saturated carbocycles. The van der Waals surface area contributed by atoms with Crippen molar-refractivity contribution in [1.29, 1.82) is 0 Å². The number of hydrogen-bond acceptors (Lipinski definition) is 3. The van der Waals surface area contributed by atoms with Crippen molar-refractivity contribution in [3.63, 3.8) is 0 Å². The topological polar surface area (TPSA) is 52.4 Å². The van der Waals surface area contributed by atoms with Crippen LogP contribution in [0.5, 0.6) is 5.75 Å². The molecule has 70 valence electrons. The molecule has 0 heterocycles. The highest BCUT2D eigenvalue weighted by molar-refractivity contribution is 9.10. The summed E-state index contributed by atoms with van der Waals surface area (Å²) in [6, 6.07) is 5.13. The minimum Gasteiger partial charge on any atom is -0.496 e. The number of hydrogen-bond donors (Lipinski definition) is 0. The van der Waals surface area contributed by atoms with Crippen molar-refractivity contribution in [1.82, 2.24) is 0 Å². The van der Waals surface area contributed by atoms with E-state index in [-0.39, 0.29) is 11.5 Å². The van der Waals surface area contributed by atoms with E-state index in [0.29, 0.717) is 11.3 Å². The van der Waals surface area contributed by atoms with E-state index < -0.39 is 0 Å². The number of methoxy groups -OCH3 is 1. The van der Waals surface area contributed by atoms with Crippen LogP contribution in [0.3, 0.4) is 0 Å². The van der Waals surface area contributed by atoms with Crippen LogP contribution < -0.4 is 4.74 Å². The predicted octanol–water partition coefficient (Wildman–Crippen LogP) is 2.23. The maximum atomic E-state index is 10.3. The van der Waals surface area contributed by atoms with Gasteiger partial charge < -0.3 is 4.74 Å². The number of benzene rings is 1. The van der Waals surface area contributed by atoms with Crippen LogP contribution in [0.1, 0.15) is 5.56 Å². The maximum absolute atomic E-state index is 10.3. The van der Waals surface area contributed by atoms with Gasteiger partial charge in [0.25, 0.3) is 0 Å². The lowest BCUT2D eigenvalue weighted by atomic mass is 10.2. The molecule has 0 N–H and O–H groups in total. The van der Waals surface area contributed by atoms with Gasteiger partial charge in [-0.3, -0.25) is 10.1 Å². The summed E-state index contributed by atoms with van der Waals surface area (Å²) in [4.78, 5) is 9.88. The van der Waals surface area contributed by atoms with Crippen LogP contribution >= 0.6 is 15.9 Å². The van der Waals surface area contributed by atoms with E-state index in [9.17, 15) is 10.1 Å². The zero-order valence-corrected chi connectivity index (χ0v) is 8.58. The van der Waals surface area contributed by atoms with Crippen molar-refractivity contribution in [2.75, 3.05) is 7.11 Å². The Morgan fingerprint density at radius 2 is 2.31 bits per heavy atom. The molecule has 0 bridgehead atoms. The summed E-state index contributed by atoms with van der Waals surface area (Å²) >= 11 is 3.25. The third-order valence-corrected chi connectivity index (χ3v) is 2.04. The molecule has 0 saturated heterocycles. The number of ether oxygens (including phenoxy) is 1. The van der Waals surface area contributed by atoms with Crippen molar-refractivity contribution in [3.8, 4) is 5.75 Å². The van der Waals surface area contributed by atoms with Gasteiger partial charge in [0.1, 0.15) is 5.75 Å². The van der Waals surface area contributed by atoms with Gasteiger partial charge in [-0.1, -0.05) is 15.9 Å². The van der Waals surface area contributed by atoms with Crippen LogP contribution in [-0.2, 0) is 6.54 Å². The number of halogens is 1. The van der Waals surface area contributed by atoms with Crippen LogP contribution in [0.25, 0.3) is 0 Å². The first kappa shape index (κ1) is 9.98. The highest BCUT2D eigenvalue weighted by Crippen LogP contribution is 2.23. The lowest BCUT2D eigenvalue weighted by molar-refractivity contribution is -0.496. The highest BCUT2D eigenvalue weighted by Gasteiger charge is 2.08. The van der Waals surface area contributed by atoms with Gasteiger partial charge in [-0.25, -0.2) is 0 Å². The van der Waals surface area contributed by atoms with E-state index in [1.165, 1.54) is 7.11 Å². The monoisotopic (exact) mass is 245 g/mol. The maximum Gasteiger partial charge on any atom is 0.232 e. The Morgan fingerprint density at radius 1 is 1.62 bits per heavy atom. The second-order valence-electron chi connectivity index (χ2n) is 2.45. The Bertz CT molecular complexity index is 327. The van der Waals surface area contributed by atoms with E-state index in [0.717, 1.165) is 4.47 Å². The molecule has 13 heavy (non-hydrogen) atoms. The van der Waals surface area contributed by atoms with Crippen molar-refractivity contribution in [3.05, 3.63) is 38.3 Å². The summed E-state index contributed by atoms with van der Waals surface area (Å²) in [5.74, 6) is 0.533. The molecule has 4 nitrogen and oxygen atoms in total. The molecule has 0 aliphatic heterocycles. The van der Waals surface area contributed by atoms with Gasteiger partial charge in [0.15, 0.2) is 0 Å². The van der Waals surface area contributed by atoms with Crippen LogP contribution in [-0.4, -0.2) is 12.0 Å². The second kappa shape index (κ2) is 4.23. The lowest BCUT2D eigenvalue weighted by Gasteiger charge is -2.04. The van der Waals surface area contributed by atoms with Crippen LogP contribution in [0.2, 0.25) is 0 Å².